The predicted octanol–water partition coefficient (Wildman–Crippen LogP) is 4.88. The molecule has 2 heterocycles. The lowest BCUT2D eigenvalue weighted by Gasteiger charge is -1.99. The van der Waals surface area contributed by atoms with Crippen LogP contribution in [-0.2, 0) is 17.0 Å². The molecule has 1 N–H and O–H groups in total. The molecule has 0 spiro atoms. The Kier molecular flexibility index (Phi) is 6.14. The van der Waals surface area contributed by atoms with Crippen LogP contribution in [0, 0.1) is 11.3 Å². The average molecular weight is 438 g/mol. The second-order valence-corrected chi connectivity index (χ2v) is 9.41. The molecular formula is C20H15N5OS3. The topological polar surface area (TPSA) is 91.6 Å². The number of nitrogens with zero attached hydrogens (tertiary/aromatic N) is 4. The van der Waals surface area contributed by atoms with Crippen molar-refractivity contribution >= 4 is 55.7 Å². The Hall–Kier alpha value is -2.80. The standard InChI is InChI=1S/C20H15N5OS3/c21-11-13-5-7-14(8-6-13)12-27-20-25-24-19(29-20)23-17(26)9-10-18-22-15-3-1-2-4-16(15)28-18/h1-8H,9-10,12H2,(H,23,24,26). The lowest BCUT2D eigenvalue weighted by molar-refractivity contribution is -0.116. The number of benzene rings is 2. The first-order valence-corrected chi connectivity index (χ1v) is 11.4. The van der Waals surface area contributed by atoms with Crippen LogP contribution in [-0.4, -0.2) is 21.1 Å². The molecule has 29 heavy (non-hydrogen) atoms. The normalized spacial score (nSPS) is 10.7. The van der Waals surface area contributed by atoms with Crippen molar-refractivity contribution in [3.05, 3.63) is 64.7 Å². The predicted molar refractivity (Wildman–Crippen MR) is 117 cm³/mol. The van der Waals surface area contributed by atoms with Crippen molar-refractivity contribution in [2.45, 2.75) is 22.9 Å². The summed E-state index contributed by atoms with van der Waals surface area (Å²) in [5, 5.41) is 21.3. The van der Waals surface area contributed by atoms with Gasteiger partial charge < -0.3 is 5.32 Å². The number of carbonyl (C=O) groups is 1. The van der Waals surface area contributed by atoms with E-state index in [9.17, 15) is 4.79 Å². The van der Waals surface area contributed by atoms with E-state index in [2.05, 4.69) is 26.6 Å². The smallest absolute Gasteiger partial charge is 0.226 e. The monoisotopic (exact) mass is 437 g/mol. The summed E-state index contributed by atoms with van der Waals surface area (Å²) in [5.41, 5.74) is 2.72. The molecule has 0 atom stereocenters. The zero-order valence-corrected chi connectivity index (χ0v) is 17.6. The average Bonchev–Trinajstić information content (AvgIpc) is 3.37. The van der Waals surface area contributed by atoms with Gasteiger partial charge in [-0.1, -0.05) is 47.4 Å². The van der Waals surface area contributed by atoms with E-state index in [4.69, 9.17) is 5.26 Å². The Morgan fingerprint density at radius 2 is 1.93 bits per heavy atom. The van der Waals surface area contributed by atoms with Crippen LogP contribution in [0.2, 0.25) is 0 Å². The fraction of sp³-hybridized carbons (Fsp3) is 0.150. The van der Waals surface area contributed by atoms with Crippen molar-refractivity contribution in [1.29, 1.82) is 5.26 Å². The number of thiazole rings is 1. The van der Waals surface area contributed by atoms with E-state index in [1.54, 1.807) is 35.2 Å². The molecule has 4 aromatic rings. The number of fused-ring (bicyclic) bond motifs is 1. The third-order valence-corrected chi connectivity index (χ3v) is 7.14. The van der Waals surface area contributed by atoms with Crippen molar-refractivity contribution in [3.8, 4) is 6.07 Å². The van der Waals surface area contributed by atoms with Gasteiger partial charge in [-0.3, -0.25) is 4.79 Å². The summed E-state index contributed by atoms with van der Waals surface area (Å²) in [6.45, 7) is 0. The number of carbonyl (C=O) groups excluding carboxylic acids is 1. The molecular weight excluding hydrogens is 422 g/mol. The van der Waals surface area contributed by atoms with Gasteiger partial charge in [-0.05, 0) is 29.8 Å². The molecule has 0 bridgehead atoms. The minimum absolute atomic E-state index is 0.0935. The summed E-state index contributed by atoms with van der Waals surface area (Å²) in [4.78, 5) is 16.8. The van der Waals surface area contributed by atoms with Gasteiger partial charge in [0.25, 0.3) is 0 Å². The zero-order chi connectivity index (χ0) is 20.1. The molecule has 0 saturated heterocycles. The van der Waals surface area contributed by atoms with E-state index >= 15 is 0 Å². The van der Waals surface area contributed by atoms with E-state index in [1.165, 1.54) is 11.3 Å². The number of amides is 1. The third kappa shape index (κ3) is 5.17. The number of aromatic nitrogens is 3. The Balaban J connectivity index is 1.26. The van der Waals surface area contributed by atoms with E-state index in [0.29, 0.717) is 23.5 Å². The van der Waals surface area contributed by atoms with E-state index < -0.39 is 0 Å². The van der Waals surface area contributed by atoms with Gasteiger partial charge in [0.05, 0.1) is 26.9 Å². The highest BCUT2D eigenvalue weighted by molar-refractivity contribution is 8.00. The summed E-state index contributed by atoms with van der Waals surface area (Å²) in [5.74, 6) is 0.635. The van der Waals surface area contributed by atoms with Gasteiger partial charge in [-0.15, -0.1) is 21.5 Å². The second-order valence-electron chi connectivity index (χ2n) is 6.09. The maximum atomic E-state index is 12.2. The zero-order valence-electron chi connectivity index (χ0n) is 15.2. The molecule has 0 aliphatic carbocycles. The van der Waals surface area contributed by atoms with Crippen LogP contribution in [0.15, 0.2) is 52.9 Å². The van der Waals surface area contributed by atoms with Gasteiger partial charge in [-0.2, -0.15) is 5.26 Å². The molecule has 0 aliphatic heterocycles. The summed E-state index contributed by atoms with van der Waals surface area (Å²) < 4.78 is 1.92. The lowest BCUT2D eigenvalue weighted by atomic mass is 10.2. The maximum Gasteiger partial charge on any atom is 0.226 e. The molecule has 4 rings (SSSR count). The van der Waals surface area contributed by atoms with Crippen molar-refractivity contribution in [2.75, 3.05) is 5.32 Å². The first kappa shape index (κ1) is 19.5. The van der Waals surface area contributed by atoms with Gasteiger partial charge >= 0.3 is 0 Å². The molecule has 6 nitrogen and oxygen atoms in total. The van der Waals surface area contributed by atoms with E-state index in [-0.39, 0.29) is 5.91 Å². The molecule has 2 aromatic carbocycles. The van der Waals surface area contributed by atoms with E-state index in [0.717, 1.165) is 30.9 Å². The maximum absolute atomic E-state index is 12.2. The molecule has 0 fully saturated rings. The van der Waals surface area contributed by atoms with Crippen LogP contribution >= 0.6 is 34.4 Å². The van der Waals surface area contributed by atoms with Gasteiger partial charge in [0.15, 0.2) is 4.34 Å². The van der Waals surface area contributed by atoms with Crippen molar-refractivity contribution < 1.29 is 4.79 Å². The van der Waals surface area contributed by atoms with Crippen LogP contribution in [0.1, 0.15) is 22.6 Å². The number of nitriles is 1. The van der Waals surface area contributed by atoms with Gasteiger partial charge in [-0.25, -0.2) is 4.98 Å². The van der Waals surface area contributed by atoms with Crippen LogP contribution in [0.5, 0.6) is 0 Å². The highest BCUT2D eigenvalue weighted by Crippen LogP contribution is 2.28. The van der Waals surface area contributed by atoms with Crippen molar-refractivity contribution in [2.24, 2.45) is 0 Å². The van der Waals surface area contributed by atoms with Gasteiger partial charge in [0.1, 0.15) is 0 Å². The molecule has 2 aromatic heterocycles. The molecule has 9 heteroatoms. The number of anilines is 1. The SMILES string of the molecule is N#Cc1ccc(CSc2nnc(NC(=O)CCc3nc4ccccc4s3)s2)cc1. The number of thioether (sulfide) groups is 1. The molecule has 1 amide bonds. The van der Waals surface area contributed by atoms with Gasteiger partial charge in [0, 0.05) is 18.6 Å². The minimum Gasteiger partial charge on any atom is -0.300 e. The number of nitrogens with one attached hydrogen (secondary N) is 1. The summed E-state index contributed by atoms with van der Waals surface area (Å²) in [6, 6.07) is 17.5. The van der Waals surface area contributed by atoms with Crippen LogP contribution in [0.3, 0.4) is 0 Å². The lowest BCUT2D eigenvalue weighted by Crippen LogP contribution is -2.12. The molecule has 0 radical (unpaired) electrons. The summed E-state index contributed by atoms with van der Waals surface area (Å²) in [7, 11) is 0. The first-order valence-electron chi connectivity index (χ1n) is 8.79. The Labute approximate surface area is 179 Å². The number of aryl methyl sites for hydroxylation is 1. The van der Waals surface area contributed by atoms with Crippen LogP contribution < -0.4 is 5.32 Å². The quantitative estimate of drug-likeness (QED) is 0.327. The van der Waals surface area contributed by atoms with Gasteiger partial charge in [0.2, 0.25) is 11.0 Å². The molecule has 144 valence electrons. The third-order valence-electron chi connectivity index (χ3n) is 4.00. The largest absolute Gasteiger partial charge is 0.300 e. The fourth-order valence-electron chi connectivity index (χ4n) is 2.57. The fourth-order valence-corrected chi connectivity index (χ4v) is 5.26. The highest BCUT2D eigenvalue weighted by Gasteiger charge is 2.11. The van der Waals surface area contributed by atoms with Crippen molar-refractivity contribution in [3.63, 3.8) is 0 Å². The molecule has 0 unspecified atom stereocenters. The molecule has 0 saturated carbocycles. The van der Waals surface area contributed by atoms with Crippen LogP contribution in [0.4, 0.5) is 5.13 Å². The number of hydrogen-bond acceptors (Lipinski definition) is 8. The first-order chi connectivity index (χ1) is 14.2. The van der Waals surface area contributed by atoms with E-state index in [1.807, 2.05) is 36.4 Å². The van der Waals surface area contributed by atoms with Crippen molar-refractivity contribution in [1.82, 2.24) is 15.2 Å². The van der Waals surface area contributed by atoms with Crippen LogP contribution in [0.25, 0.3) is 10.2 Å². The highest BCUT2D eigenvalue weighted by atomic mass is 32.2. The summed E-state index contributed by atoms with van der Waals surface area (Å²) in [6.07, 6.45) is 0.956. The second kappa shape index (κ2) is 9.13. The number of rotatable bonds is 7. The number of hydrogen-bond donors (Lipinski definition) is 1. The summed E-state index contributed by atoms with van der Waals surface area (Å²) >= 11 is 4.53. The minimum atomic E-state index is -0.0935. The Morgan fingerprint density at radius 1 is 1.10 bits per heavy atom. The number of para-hydroxylation sites is 1. The Bertz CT molecular complexity index is 1140. The molecule has 0 aliphatic rings. The Morgan fingerprint density at radius 3 is 2.72 bits per heavy atom.